The number of hydrogen-bond donors (Lipinski definition) is 2. The van der Waals surface area contributed by atoms with Crippen LogP contribution in [0.15, 0.2) is 48.5 Å². The molecule has 1 saturated heterocycles. The molecule has 0 bridgehead atoms. The Labute approximate surface area is 142 Å². The molecule has 1 heterocycles. The maximum atomic E-state index is 13.8. The highest BCUT2D eigenvalue weighted by Gasteiger charge is 2.49. The molecule has 0 unspecified atom stereocenters. The first-order chi connectivity index (χ1) is 11.8. The highest BCUT2D eigenvalue weighted by Crippen LogP contribution is 2.30. The van der Waals surface area contributed by atoms with Gasteiger partial charge in [-0.15, -0.1) is 0 Å². The van der Waals surface area contributed by atoms with Crippen molar-refractivity contribution in [3.8, 4) is 0 Å². The number of carbonyl (C=O) groups excluding carboxylic acids is 2. The van der Waals surface area contributed by atoms with E-state index in [1.165, 1.54) is 0 Å². The van der Waals surface area contributed by atoms with E-state index in [0.29, 0.717) is 11.6 Å². The molecule has 0 saturated carbocycles. The minimum Gasteiger partial charge on any atom is -0.386 e. The molecule has 2 aromatic carbocycles. The summed E-state index contributed by atoms with van der Waals surface area (Å²) in [6, 6.07) is 10.7. The van der Waals surface area contributed by atoms with Crippen LogP contribution < -0.4 is 5.32 Å². The number of aliphatic hydroxyl groups is 1. The van der Waals surface area contributed by atoms with E-state index in [9.17, 15) is 23.5 Å². The molecule has 5 nitrogen and oxygen atoms in total. The smallest absolute Gasteiger partial charge is 0.325 e. The molecule has 0 spiro atoms. The van der Waals surface area contributed by atoms with Crippen LogP contribution >= 0.6 is 0 Å². The molecular weight excluding hydrogens is 330 g/mol. The van der Waals surface area contributed by atoms with E-state index in [4.69, 9.17) is 0 Å². The number of imide groups is 1. The second-order valence-electron chi connectivity index (χ2n) is 6.02. The molecule has 1 aliphatic heterocycles. The van der Waals surface area contributed by atoms with Gasteiger partial charge in [-0.05, 0) is 18.6 Å². The minimum absolute atomic E-state index is 0.185. The number of urea groups is 1. The largest absolute Gasteiger partial charge is 0.386 e. The Hall–Kier alpha value is -2.80. The van der Waals surface area contributed by atoms with Gasteiger partial charge >= 0.3 is 6.03 Å². The molecule has 130 valence electrons. The molecule has 0 aromatic heterocycles. The van der Waals surface area contributed by atoms with Gasteiger partial charge in [0.2, 0.25) is 0 Å². The van der Waals surface area contributed by atoms with Crippen LogP contribution in [0.4, 0.5) is 13.6 Å². The number of aliphatic hydroxyl groups excluding tert-OH is 1. The van der Waals surface area contributed by atoms with E-state index in [-0.39, 0.29) is 5.56 Å². The van der Waals surface area contributed by atoms with Crippen LogP contribution in [-0.4, -0.2) is 28.5 Å². The van der Waals surface area contributed by atoms with Crippen molar-refractivity contribution in [1.82, 2.24) is 10.2 Å². The number of rotatable bonds is 4. The number of hydrogen-bond acceptors (Lipinski definition) is 3. The molecule has 0 aliphatic carbocycles. The molecule has 2 atom stereocenters. The predicted molar refractivity (Wildman–Crippen MR) is 85.4 cm³/mol. The van der Waals surface area contributed by atoms with Gasteiger partial charge in [0.15, 0.2) is 0 Å². The Morgan fingerprint density at radius 2 is 1.84 bits per heavy atom. The van der Waals surface area contributed by atoms with Crippen LogP contribution in [0.5, 0.6) is 0 Å². The van der Waals surface area contributed by atoms with E-state index in [1.54, 1.807) is 37.3 Å². The van der Waals surface area contributed by atoms with Crippen molar-refractivity contribution >= 4 is 11.9 Å². The molecule has 2 N–H and O–H groups in total. The zero-order chi connectivity index (χ0) is 18.2. The summed E-state index contributed by atoms with van der Waals surface area (Å²) in [6.45, 7) is 1.13. The maximum absolute atomic E-state index is 13.8. The van der Waals surface area contributed by atoms with Gasteiger partial charge in [-0.1, -0.05) is 36.4 Å². The summed E-state index contributed by atoms with van der Waals surface area (Å²) < 4.78 is 26.8. The third kappa shape index (κ3) is 2.98. The van der Waals surface area contributed by atoms with Gasteiger partial charge < -0.3 is 10.4 Å². The number of benzene rings is 2. The summed E-state index contributed by atoms with van der Waals surface area (Å²) in [4.78, 5) is 25.8. The number of amides is 3. The number of nitrogens with zero attached hydrogens (tertiary/aromatic N) is 1. The second-order valence-corrected chi connectivity index (χ2v) is 6.02. The zero-order valence-corrected chi connectivity index (χ0v) is 13.4. The Morgan fingerprint density at radius 1 is 1.16 bits per heavy atom. The number of β-amino-alcohol motifs (C(OH)–C–C–N with tert-alkyl or cyclic N) is 1. The molecule has 1 fully saturated rings. The van der Waals surface area contributed by atoms with E-state index in [0.717, 1.165) is 17.0 Å². The third-order valence-electron chi connectivity index (χ3n) is 4.30. The lowest BCUT2D eigenvalue weighted by Crippen LogP contribution is -2.41. The lowest BCUT2D eigenvalue weighted by atomic mass is 9.92. The molecule has 1 aliphatic rings. The first kappa shape index (κ1) is 17.0. The van der Waals surface area contributed by atoms with Crippen LogP contribution in [0.1, 0.15) is 24.2 Å². The van der Waals surface area contributed by atoms with Gasteiger partial charge in [0.1, 0.15) is 17.2 Å². The molecule has 0 radical (unpaired) electrons. The summed E-state index contributed by atoms with van der Waals surface area (Å²) in [5.41, 5.74) is -0.854. The molecule has 25 heavy (non-hydrogen) atoms. The van der Waals surface area contributed by atoms with Gasteiger partial charge in [0, 0.05) is 11.6 Å². The van der Waals surface area contributed by atoms with Gasteiger partial charge in [-0.2, -0.15) is 0 Å². The first-order valence-corrected chi connectivity index (χ1v) is 7.65. The van der Waals surface area contributed by atoms with E-state index in [2.05, 4.69) is 5.32 Å². The lowest BCUT2D eigenvalue weighted by Gasteiger charge is -2.23. The van der Waals surface area contributed by atoms with Crippen LogP contribution in [0, 0.1) is 11.6 Å². The Morgan fingerprint density at radius 3 is 2.48 bits per heavy atom. The second kappa shape index (κ2) is 6.25. The fourth-order valence-electron chi connectivity index (χ4n) is 2.87. The normalized spacial score (nSPS) is 21.4. The Bertz CT molecular complexity index is 828. The minimum atomic E-state index is -1.46. The van der Waals surface area contributed by atoms with E-state index in [1.807, 2.05) is 0 Å². The molecule has 3 amide bonds. The average molecular weight is 346 g/mol. The quantitative estimate of drug-likeness (QED) is 0.836. The highest BCUT2D eigenvalue weighted by atomic mass is 19.1. The van der Waals surface area contributed by atoms with E-state index < -0.39 is 41.8 Å². The third-order valence-corrected chi connectivity index (χ3v) is 4.30. The number of halogens is 2. The molecule has 3 rings (SSSR count). The van der Waals surface area contributed by atoms with Crippen LogP contribution in [0.3, 0.4) is 0 Å². The van der Waals surface area contributed by atoms with Crippen molar-refractivity contribution in [2.45, 2.75) is 18.6 Å². The summed E-state index contributed by atoms with van der Waals surface area (Å²) in [7, 11) is 0. The van der Waals surface area contributed by atoms with Gasteiger partial charge in [0.25, 0.3) is 5.91 Å². The summed E-state index contributed by atoms with van der Waals surface area (Å²) in [6.07, 6.45) is -1.46. The summed E-state index contributed by atoms with van der Waals surface area (Å²) >= 11 is 0. The lowest BCUT2D eigenvalue weighted by molar-refractivity contribution is -0.132. The van der Waals surface area contributed by atoms with Crippen LogP contribution in [0.2, 0.25) is 0 Å². The standard InChI is InChI=1S/C18H16F2N2O3/c1-18(11-5-3-2-4-6-11)16(24)22(17(25)21-18)10-15(23)13-8-7-12(19)9-14(13)20/h2-9,15,23H,10H2,1H3,(H,21,25)/t15-,18-/m1/s1. The number of nitrogens with one attached hydrogen (secondary N) is 1. The van der Waals surface area contributed by atoms with Gasteiger partial charge in [-0.25, -0.2) is 13.6 Å². The SMILES string of the molecule is C[C@]1(c2ccccc2)NC(=O)N(C[C@@H](O)c2ccc(F)cc2F)C1=O. The Kier molecular flexibility index (Phi) is 4.26. The first-order valence-electron chi connectivity index (χ1n) is 7.65. The van der Waals surface area contributed by atoms with Gasteiger partial charge in [0.05, 0.1) is 12.6 Å². The van der Waals surface area contributed by atoms with Crippen molar-refractivity contribution in [3.05, 3.63) is 71.3 Å². The highest BCUT2D eigenvalue weighted by molar-refractivity contribution is 6.07. The van der Waals surface area contributed by atoms with Gasteiger partial charge in [-0.3, -0.25) is 9.69 Å². The van der Waals surface area contributed by atoms with Crippen LogP contribution in [-0.2, 0) is 10.3 Å². The summed E-state index contributed by atoms with van der Waals surface area (Å²) in [5.74, 6) is -2.27. The average Bonchev–Trinajstić information content (AvgIpc) is 2.80. The van der Waals surface area contributed by atoms with Crippen molar-refractivity contribution in [2.24, 2.45) is 0 Å². The van der Waals surface area contributed by atoms with E-state index >= 15 is 0 Å². The fraction of sp³-hybridized carbons (Fsp3) is 0.222. The van der Waals surface area contributed by atoms with Crippen LogP contribution in [0.25, 0.3) is 0 Å². The van der Waals surface area contributed by atoms with Crippen molar-refractivity contribution < 1.29 is 23.5 Å². The maximum Gasteiger partial charge on any atom is 0.325 e. The molecule has 7 heteroatoms. The number of carbonyl (C=O) groups is 2. The summed E-state index contributed by atoms with van der Waals surface area (Å²) in [5, 5.41) is 12.8. The monoisotopic (exact) mass is 346 g/mol. The fourth-order valence-corrected chi connectivity index (χ4v) is 2.87. The topological polar surface area (TPSA) is 69.6 Å². The Balaban J connectivity index is 1.84. The zero-order valence-electron chi connectivity index (χ0n) is 13.4. The predicted octanol–water partition coefficient (Wildman–Crippen LogP) is 2.47. The van der Waals surface area contributed by atoms with Crippen molar-refractivity contribution in [2.75, 3.05) is 6.54 Å². The van der Waals surface area contributed by atoms with Crippen molar-refractivity contribution in [3.63, 3.8) is 0 Å². The van der Waals surface area contributed by atoms with Crippen molar-refractivity contribution in [1.29, 1.82) is 0 Å². The molecule has 2 aromatic rings. The molecular formula is C18H16F2N2O3.